The van der Waals surface area contributed by atoms with E-state index < -0.39 is 36.7 Å². The van der Waals surface area contributed by atoms with Crippen LogP contribution in [0.1, 0.15) is 43.7 Å². The highest BCUT2D eigenvalue weighted by atomic mass is 16.7. The zero-order valence-electron chi connectivity index (χ0n) is 43.0. The zero-order chi connectivity index (χ0) is 52.1. The Labute approximate surface area is 437 Å². The maximum absolute atomic E-state index is 14.1. The molecule has 0 saturated carbocycles. The standard InChI is InChI=1S/C62H62O13/c1-40-51-46(32-47(64-2)52(40)61(63)73-38-45-30-20-11-21-31-45)55(66-4)53-48(65-3)33-49(56(67-5)54(53)58(51)68-6)74-62-60(72-37-44-28-18-10-19-29-44)59(71-36-43-26-16-9-17-27-43)57(70-35-42-24-14-8-15-25-42)50(75-62)39-69-34-41-22-12-7-13-23-41/h7-33,50,57,59-60,62H,34-39H2,1-6H3/t50-,57-,59+,60-,62-/m1/s1. The molecule has 75 heavy (non-hydrogen) atoms. The fourth-order valence-corrected chi connectivity index (χ4v) is 9.62. The molecule has 1 saturated heterocycles. The van der Waals surface area contributed by atoms with Crippen molar-refractivity contribution in [1.82, 2.24) is 0 Å². The SMILES string of the molecule is COc1cc2c(OC)c3c(OC)cc(O[C@@H]4O[C@H](COCc5ccccc5)[C@@H](OCc5ccccc5)[C@H](OCc5ccccc5)[C@H]4OCc4ccccc4)c(OC)c3c(OC)c2c(C)c1C(=O)OCc1ccccc1. The Morgan fingerprint density at radius 3 is 1.41 bits per heavy atom. The molecular weight excluding hydrogens is 953 g/mol. The highest BCUT2D eigenvalue weighted by Gasteiger charge is 2.50. The van der Waals surface area contributed by atoms with E-state index in [1.807, 2.05) is 159 Å². The van der Waals surface area contributed by atoms with Crippen molar-refractivity contribution in [3.8, 4) is 34.5 Å². The third kappa shape index (κ3) is 11.8. The average molecular weight is 1020 g/mol. The summed E-state index contributed by atoms with van der Waals surface area (Å²) >= 11 is 0. The summed E-state index contributed by atoms with van der Waals surface area (Å²) in [5.74, 6) is 1.33. The van der Waals surface area contributed by atoms with Crippen molar-refractivity contribution in [2.75, 3.05) is 42.2 Å². The zero-order valence-corrected chi connectivity index (χ0v) is 43.0. The molecule has 0 bridgehead atoms. The lowest BCUT2D eigenvalue weighted by Gasteiger charge is -2.45. The quantitative estimate of drug-likeness (QED) is 0.0446. The van der Waals surface area contributed by atoms with Gasteiger partial charge in [-0.15, -0.1) is 0 Å². The maximum Gasteiger partial charge on any atom is 0.342 e. The highest BCUT2D eigenvalue weighted by molar-refractivity contribution is 6.18. The van der Waals surface area contributed by atoms with Crippen LogP contribution < -0.4 is 28.4 Å². The molecular formula is C62H62O13. The van der Waals surface area contributed by atoms with Crippen LogP contribution in [0.3, 0.4) is 0 Å². The second kappa shape index (κ2) is 25.1. The molecule has 0 aliphatic carbocycles. The van der Waals surface area contributed by atoms with Gasteiger partial charge in [0, 0.05) is 16.8 Å². The van der Waals surface area contributed by atoms with Crippen LogP contribution in [0.25, 0.3) is 21.5 Å². The third-order valence-electron chi connectivity index (χ3n) is 13.2. The largest absolute Gasteiger partial charge is 0.496 e. The predicted molar refractivity (Wildman–Crippen MR) is 285 cm³/mol. The van der Waals surface area contributed by atoms with Gasteiger partial charge >= 0.3 is 5.97 Å². The Hall–Kier alpha value is -7.65. The monoisotopic (exact) mass is 1010 g/mol. The minimum atomic E-state index is -1.17. The first-order chi connectivity index (χ1) is 36.8. The van der Waals surface area contributed by atoms with Crippen LogP contribution >= 0.6 is 0 Å². The number of benzene rings is 8. The van der Waals surface area contributed by atoms with Crippen LogP contribution in [-0.4, -0.2) is 78.8 Å². The average Bonchev–Trinajstić information content (AvgIpc) is 3.49. The first-order valence-corrected chi connectivity index (χ1v) is 24.8. The van der Waals surface area contributed by atoms with Crippen LogP contribution in [0.2, 0.25) is 0 Å². The van der Waals surface area contributed by atoms with E-state index in [2.05, 4.69) is 0 Å². The Morgan fingerprint density at radius 1 is 0.453 bits per heavy atom. The normalized spacial score (nSPS) is 17.3. The van der Waals surface area contributed by atoms with E-state index in [-0.39, 0.29) is 55.8 Å². The fraction of sp³-hybridized carbons (Fsp3) is 0.274. The number of esters is 1. The molecule has 1 aliphatic rings. The van der Waals surface area contributed by atoms with Gasteiger partial charge in [-0.1, -0.05) is 152 Å². The molecule has 8 aromatic carbocycles. The summed E-state index contributed by atoms with van der Waals surface area (Å²) in [4.78, 5) is 14.1. The van der Waals surface area contributed by atoms with Gasteiger partial charge in [0.25, 0.3) is 0 Å². The van der Waals surface area contributed by atoms with Gasteiger partial charge in [-0.05, 0) is 46.4 Å². The van der Waals surface area contributed by atoms with Crippen molar-refractivity contribution >= 4 is 27.5 Å². The van der Waals surface area contributed by atoms with Gasteiger partial charge < -0.3 is 56.8 Å². The van der Waals surface area contributed by atoms with Gasteiger partial charge in [-0.25, -0.2) is 4.79 Å². The molecule has 0 unspecified atom stereocenters. The summed E-state index contributed by atoms with van der Waals surface area (Å²) in [6, 6.07) is 52.7. The van der Waals surface area contributed by atoms with Crippen molar-refractivity contribution in [3.63, 3.8) is 0 Å². The first kappa shape index (κ1) is 52.2. The smallest absolute Gasteiger partial charge is 0.342 e. The van der Waals surface area contributed by atoms with Gasteiger partial charge in [-0.3, -0.25) is 0 Å². The summed E-state index contributed by atoms with van der Waals surface area (Å²) in [7, 11) is 7.73. The lowest BCUT2D eigenvalue weighted by atomic mass is 9.92. The second-order valence-electron chi connectivity index (χ2n) is 17.9. The molecule has 1 aliphatic heterocycles. The van der Waals surface area contributed by atoms with Crippen molar-refractivity contribution < 1.29 is 61.6 Å². The van der Waals surface area contributed by atoms with E-state index >= 15 is 0 Å². The molecule has 13 nitrogen and oxygen atoms in total. The van der Waals surface area contributed by atoms with Crippen molar-refractivity contribution in [2.45, 2.75) is 70.7 Å². The Bertz CT molecular complexity index is 3120. The van der Waals surface area contributed by atoms with Gasteiger partial charge in [0.2, 0.25) is 6.29 Å². The van der Waals surface area contributed by atoms with Crippen LogP contribution in [0.15, 0.2) is 164 Å². The van der Waals surface area contributed by atoms with E-state index in [0.717, 1.165) is 27.8 Å². The Morgan fingerprint density at radius 2 is 0.920 bits per heavy atom. The van der Waals surface area contributed by atoms with Gasteiger partial charge in [0.1, 0.15) is 59.6 Å². The third-order valence-corrected chi connectivity index (χ3v) is 13.2. The molecule has 8 aromatic rings. The molecule has 9 rings (SSSR count). The summed E-state index contributed by atoms with van der Waals surface area (Å²) in [6.07, 6.45) is -4.34. The molecule has 0 N–H and O–H groups in total. The molecule has 1 fully saturated rings. The summed E-state index contributed by atoms with van der Waals surface area (Å²) in [5.41, 5.74) is 5.43. The summed E-state index contributed by atoms with van der Waals surface area (Å²) in [5, 5.41) is 2.10. The number of rotatable bonds is 23. The topological polar surface area (TPSA) is 128 Å². The molecule has 388 valence electrons. The van der Waals surface area contributed by atoms with Crippen LogP contribution in [-0.2, 0) is 61.5 Å². The number of methoxy groups -OCH3 is 5. The fourth-order valence-electron chi connectivity index (χ4n) is 9.62. The molecule has 0 amide bonds. The van der Waals surface area contributed by atoms with E-state index in [9.17, 15) is 4.79 Å². The first-order valence-electron chi connectivity index (χ1n) is 24.8. The summed E-state index contributed by atoms with van der Waals surface area (Å²) < 4.78 is 78.6. The number of hydrogen-bond acceptors (Lipinski definition) is 13. The minimum Gasteiger partial charge on any atom is -0.496 e. The maximum atomic E-state index is 14.1. The lowest BCUT2D eigenvalue weighted by molar-refractivity contribution is -0.310. The molecule has 0 aromatic heterocycles. The number of fused-ring (bicyclic) bond motifs is 2. The van der Waals surface area contributed by atoms with Crippen molar-refractivity contribution in [3.05, 3.63) is 203 Å². The molecule has 5 atom stereocenters. The second-order valence-corrected chi connectivity index (χ2v) is 17.9. The molecule has 1 heterocycles. The predicted octanol–water partition coefficient (Wildman–Crippen LogP) is 11.8. The lowest BCUT2D eigenvalue weighted by Crippen LogP contribution is -2.62. The Balaban J connectivity index is 1.18. The van der Waals surface area contributed by atoms with Gasteiger partial charge in [0.05, 0.1) is 79.4 Å². The van der Waals surface area contributed by atoms with E-state index in [1.165, 1.54) is 7.11 Å². The number of ether oxygens (including phenoxy) is 12. The summed E-state index contributed by atoms with van der Waals surface area (Å²) in [6.45, 7) is 2.99. The number of hydrogen-bond donors (Lipinski definition) is 0. The van der Waals surface area contributed by atoms with Gasteiger partial charge in [0.15, 0.2) is 11.5 Å². The van der Waals surface area contributed by atoms with Crippen molar-refractivity contribution in [1.29, 1.82) is 0 Å². The molecule has 0 spiro atoms. The van der Waals surface area contributed by atoms with Crippen LogP contribution in [0, 0.1) is 6.92 Å². The van der Waals surface area contributed by atoms with Crippen LogP contribution in [0.5, 0.6) is 34.5 Å². The van der Waals surface area contributed by atoms with Crippen molar-refractivity contribution in [2.24, 2.45) is 0 Å². The minimum absolute atomic E-state index is 0.0571. The van der Waals surface area contributed by atoms with Gasteiger partial charge in [-0.2, -0.15) is 0 Å². The van der Waals surface area contributed by atoms with Crippen LogP contribution in [0.4, 0.5) is 0 Å². The Kier molecular flexibility index (Phi) is 17.4. The number of carbonyl (C=O) groups is 1. The van der Waals surface area contributed by atoms with E-state index in [1.54, 1.807) is 40.6 Å². The van der Waals surface area contributed by atoms with E-state index in [4.69, 9.17) is 56.8 Å². The molecule has 0 radical (unpaired) electrons. The van der Waals surface area contributed by atoms with E-state index in [0.29, 0.717) is 51.0 Å². The number of carbonyl (C=O) groups excluding carboxylic acids is 1. The molecule has 13 heteroatoms. The highest BCUT2D eigenvalue weighted by Crippen LogP contribution is 2.55. The number of aryl methyl sites for hydroxylation is 1.